The monoisotopic (exact) mass is 605 g/mol. The number of benzene rings is 1. The molecule has 1 aliphatic carbocycles. The van der Waals surface area contributed by atoms with Crippen LogP contribution in [0.25, 0.3) is 0 Å². The van der Waals surface area contributed by atoms with Crippen LogP contribution >= 0.6 is 0 Å². The Balaban J connectivity index is 1.57. The summed E-state index contributed by atoms with van der Waals surface area (Å²) in [5.74, 6) is 0.325. The van der Waals surface area contributed by atoms with Gasteiger partial charge in [0.25, 0.3) is 0 Å². The molecule has 1 aliphatic heterocycles. The minimum absolute atomic E-state index is 0.0241. The molecule has 2 heterocycles. The van der Waals surface area contributed by atoms with Crippen molar-refractivity contribution in [1.29, 1.82) is 0 Å². The lowest BCUT2D eigenvalue weighted by molar-refractivity contribution is -0.127. The number of ketones is 2. The van der Waals surface area contributed by atoms with Gasteiger partial charge in [0.15, 0.2) is 11.5 Å². The minimum atomic E-state index is -0.798. The quantitative estimate of drug-likeness (QED) is 0.145. The number of H-pyrrole nitrogens is 1. The number of phenols is 1. The van der Waals surface area contributed by atoms with Gasteiger partial charge in [0, 0.05) is 60.4 Å². The number of hydrogen-bond donors (Lipinski definition) is 6. The highest BCUT2D eigenvalue weighted by atomic mass is 16.5. The summed E-state index contributed by atoms with van der Waals surface area (Å²) in [6.07, 6.45) is 12.4. The maximum atomic E-state index is 12.8. The molecule has 7 N–H and O–H groups in total. The first-order chi connectivity index (χ1) is 21.2. The topological polar surface area (TPSA) is 158 Å². The molecule has 0 bridgehead atoms. The highest BCUT2D eigenvalue weighted by Crippen LogP contribution is 2.54. The van der Waals surface area contributed by atoms with Crippen LogP contribution in [0.5, 0.6) is 11.5 Å². The lowest BCUT2D eigenvalue weighted by Crippen LogP contribution is -2.40. The number of methoxy groups -OCH3 is 1. The molecular formula is C35H47N3O6. The largest absolute Gasteiger partial charge is 0.504 e. The van der Waals surface area contributed by atoms with Crippen LogP contribution in [-0.4, -0.2) is 58.7 Å². The van der Waals surface area contributed by atoms with Crippen LogP contribution < -0.4 is 15.8 Å². The van der Waals surface area contributed by atoms with Gasteiger partial charge in [0.1, 0.15) is 17.4 Å². The average molecular weight is 606 g/mol. The molecule has 0 saturated heterocycles. The van der Waals surface area contributed by atoms with Gasteiger partial charge < -0.3 is 36.1 Å². The summed E-state index contributed by atoms with van der Waals surface area (Å²) >= 11 is 0. The van der Waals surface area contributed by atoms with Crippen molar-refractivity contribution in [3.63, 3.8) is 0 Å². The number of Topliss-reactive ketones (excluding diaryl/α,β-unsaturated/α-hetero) is 2. The molecule has 9 heteroatoms. The molecule has 2 aromatic rings. The number of aromatic amines is 1. The van der Waals surface area contributed by atoms with E-state index in [1.54, 1.807) is 6.07 Å². The number of dihydropyridines is 1. The third-order valence-corrected chi connectivity index (χ3v) is 8.96. The van der Waals surface area contributed by atoms with Crippen LogP contribution in [0.4, 0.5) is 0 Å². The van der Waals surface area contributed by atoms with Crippen molar-refractivity contribution in [2.75, 3.05) is 26.9 Å². The van der Waals surface area contributed by atoms with E-state index in [0.29, 0.717) is 43.6 Å². The van der Waals surface area contributed by atoms with Crippen LogP contribution in [0.1, 0.15) is 74.6 Å². The Morgan fingerprint density at radius 1 is 1.18 bits per heavy atom. The number of aliphatic hydroxyl groups is 2. The third kappa shape index (κ3) is 7.63. The van der Waals surface area contributed by atoms with Crippen molar-refractivity contribution in [3.8, 4) is 11.5 Å². The van der Waals surface area contributed by atoms with Gasteiger partial charge in [-0.05, 0) is 67.4 Å². The molecule has 0 unspecified atom stereocenters. The molecule has 0 spiro atoms. The van der Waals surface area contributed by atoms with Crippen LogP contribution in [0.15, 0.2) is 65.7 Å². The van der Waals surface area contributed by atoms with Crippen molar-refractivity contribution in [1.82, 2.24) is 10.3 Å². The molecule has 1 aromatic carbocycles. The number of hydrogen-bond acceptors (Lipinski definition) is 8. The second-order valence-corrected chi connectivity index (χ2v) is 12.1. The number of carbonyl (C=O) groups is 2. The van der Waals surface area contributed by atoms with Gasteiger partial charge in [0.2, 0.25) is 0 Å². The lowest BCUT2D eigenvalue weighted by Gasteiger charge is -2.43. The summed E-state index contributed by atoms with van der Waals surface area (Å²) in [7, 11) is 1.49. The Kier molecular flexibility index (Phi) is 11.5. The zero-order valence-electron chi connectivity index (χ0n) is 25.9. The fourth-order valence-electron chi connectivity index (χ4n) is 6.63. The van der Waals surface area contributed by atoms with Crippen LogP contribution in [-0.2, 0) is 22.4 Å². The molecule has 4 rings (SSSR count). The Morgan fingerprint density at radius 2 is 1.98 bits per heavy atom. The highest BCUT2D eigenvalue weighted by Gasteiger charge is 2.45. The van der Waals surface area contributed by atoms with E-state index in [4.69, 9.17) is 10.5 Å². The Hall–Kier alpha value is -3.82. The number of aryl methyl sites for hydroxylation is 1. The number of rotatable bonds is 17. The van der Waals surface area contributed by atoms with Crippen molar-refractivity contribution >= 4 is 11.6 Å². The normalized spacial score (nSPS) is 20.1. The van der Waals surface area contributed by atoms with E-state index in [-0.39, 0.29) is 55.0 Å². The van der Waals surface area contributed by atoms with Crippen LogP contribution in [0.2, 0.25) is 0 Å². The summed E-state index contributed by atoms with van der Waals surface area (Å²) < 4.78 is 5.58. The summed E-state index contributed by atoms with van der Waals surface area (Å²) in [6.45, 7) is 2.53. The summed E-state index contributed by atoms with van der Waals surface area (Å²) in [5, 5.41) is 35.1. The average Bonchev–Trinajstić information content (AvgIpc) is 3.53. The van der Waals surface area contributed by atoms with Gasteiger partial charge in [-0.1, -0.05) is 37.6 Å². The van der Waals surface area contributed by atoms with Gasteiger partial charge in [0.05, 0.1) is 20.1 Å². The number of carbonyl (C=O) groups excluding carboxylic acids is 2. The predicted molar refractivity (Wildman–Crippen MR) is 170 cm³/mol. The van der Waals surface area contributed by atoms with E-state index in [2.05, 4.69) is 17.2 Å². The van der Waals surface area contributed by atoms with E-state index in [9.17, 15) is 24.9 Å². The number of ether oxygens (including phenoxy) is 1. The zero-order valence-corrected chi connectivity index (χ0v) is 25.9. The lowest BCUT2D eigenvalue weighted by atomic mass is 9.61. The number of fused-ring (bicyclic) bond motifs is 1. The first-order valence-corrected chi connectivity index (χ1v) is 15.7. The maximum Gasteiger partial charge on any atom is 0.161 e. The van der Waals surface area contributed by atoms with Gasteiger partial charge in [-0.2, -0.15) is 0 Å². The first-order valence-electron chi connectivity index (χ1n) is 15.7. The third-order valence-electron chi connectivity index (χ3n) is 8.96. The predicted octanol–water partition coefficient (Wildman–Crippen LogP) is 4.34. The number of phenolic OH excluding ortho intramolecular Hbond substituents is 1. The molecule has 44 heavy (non-hydrogen) atoms. The summed E-state index contributed by atoms with van der Waals surface area (Å²) in [6, 6.07) is 7.49. The standard InChI is InChI=1S/C35H47N3O6/c1-3-6-23(21-39)7-4-9-26(41)19-27(42)11-10-24-17-30(33(43)31(18-24)44-2)32-28-13-16-38-34(36)29(28)12-14-35(32,22-40)20-25-8-5-15-37-25/h5,8,12-15,17-18,23,32,37-40,43H,3-4,6-7,9-11,16,19-22,36H2,1-2H3/t23-,32-,35-/m0/s1. The van der Waals surface area contributed by atoms with Gasteiger partial charge >= 0.3 is 0 Å². The molecule has 3 atom stereocenters. The second-order valence-electron chi connectivity index (χ2n) is 12.1. The molecule has 0 fully saturated rings. The Bertz CT molecular complexity index is 1390. The minimum Gasteiger partial charge on any atom is -0.504 e. The molecule has 2 aliphatic rings. The van der Waals surface area contributed by atoms with Gasteiger partial charge in [-0.15, -0.1) is 0 Å². The van der Waals surface area contributed by atoms with Crippen molar-refractivity contribution in [2.24, 2.45) is 17.1 Å². The smallest absolute Gasteiger partial charge is 0.161 e. The number of aliphatic hydroxyl groups excluding tert-OH is 2. The van der Waals surface area contributed by atoms with Crippen LogP contribution in [0, 0.1) is 11.3 Å². The Labute approximate surface area is 259 Å². The van der Waals surface area contributed by atoms with Gasteiger partial charge in [-0.25, -0.2) is 0 Å². The number of aromatic hydroxyl groups is 1. The number of aromatic nitrogens is 1. The number of allylic oxidation sites excluding steroid dienone is 3. The molecule has 1 aromatic heterocycles. The number of nitrogens with two attached hydrogens (primary N) is 1. The fraction of sp³-hybridized carbons (Fsp3) is 0.486. The fourth-order valence-corrected chi connectivity index (χ4v) is 6.63. The molecule has 0 saturated carbocycles. The maximum absolute atomic E-state index is 12.8. The van der Waals surface area contributed by atoms with Crippen molar-refractivity contribution in [2.45, 2.75) is 70.6 Å². The van der Waals surface area contributed by atoms with Crippen LogP contribution in [0.3, 0.4) is 0 Å². The zero-order chi connectivity index (χ0) is 31.7. The molecule has 0 amide bonds. The SMILES string of the molecule is CCC[C@H](CO)CCCC(=O)CC(=O)CCc1cc(OC)c(O)c([C@@H]2C3=CCNC(N)=C3C=C[C@@]2(CO)Cc2ccc[nH]2)c1. The van der Waals surface area contributed by atoms with E-state index in [1.807, 2.05) is 42.6 Å². The molecule has 0 radical (unpaired) electrons. The summed E-state index contributed by atoms with van der Waals surface area (Å²) in [5.41, 5.74) is 9.58. The van der Waals surface area contributed by atoms with Crippen molar-refractivity contribution in [3.05, 3.63) is 82.5 Å². The second kappa shape index (κ2) is 15.3. The first kappa shape index (κ1) is 33.1. The molecule has 9 nitrogen and oxygen atoms in total. The highest BCUT2D eigenvalue weighted by molar-refractivity contribution is 5.99. The van der Waals surface area contributed by atoms with E-state index in [1.165, 1.54) is 7.11 Å². The molecule has 238 valence electrons. The van der Waals surface area contributed by atoms with Gasteiger partial charge in [-0.3, -0.25) is 9.59 Å². The molecular weight excluding hydrogens is 558 g/mol. The Morgan fingerprint density at radius 3 is 2.66 bits per heavy atom. The van der Waals surface area contributed by atoms with Crippen molar-refractivity contribution < 1.29 is 29.6 Å². The van der Waals surface area contributed by atoms with E-state index >= 15 is 0 Å². The van der Waals surface area contributed by atoms with E-state index < -0.39 is 11.3 Å². The number of nitrogens with one attached hydrogen (secondary N) is 2. The summed E-state index contributed by atoms with van der Waals surface area (Å²) in [4.78, 5) is 28.6. The van der Waals surface area contributed by atoms with E-state index in [0.717, 1.165) is 41.7 Å².